The maximum Gasteiger partial charge on any atom is 0.000496 e. The third kappa shape index (κ3) is 4.48. The van der Waals surface area contributed by atoms with Gasteiger partial charge in [0.1, 0.15) is 0 Å². The number of hydrogen-bond donors (Lipinski definition) is 1. The molecule has 0 unspecified atom stereocenters. The Bertz CT molecular complexity index is 68.2. The van der Waals surface area contributed by atoms with Crippen molar-refractivity contribution in [2.75, 3.05) is 0 Å². The molecule has 0 saturated heterocycles. The fraction of sp³-hybridized carbons (Fsp3) is 0. The van der Waals surface area contributed by atoms with Crippen LogP contribution in [0.1, 0.15) is 0 Å². The minimum Gasteiger partial charge on any atom is -0.368 e. The molecule has 0 aliphatic rings. The molecular weight excluding hydrogens is 117 g/mol. The second-order valence-corrected chi connectivity index (χ2v) is 0.885. The number of aromatic nitrogens is 1. The predicted octanol–water partition coefficient (Wildman–Crippen LogP) is 0.747. The number of H-pyrrole nitrogens is 1. The van der Waals surface area contributed by atoms with Crippen LogP contribution in [-0.2, 0) is 0 Å². The summed E-state index contributed by atoms with van der Waals surface area (Å²) in [5, 5.41) is 0. The second kappa shape index (κ2) is 6.63. The zero-order valence-corrected chi connectivity index (χ0v) is 7.31. The molecule has 1 nitrogen and oxygen atoms in total. The first-order valence-electron chi connectivity index (χ1n) is 1.58. The van der Waals surface area contributed by atoms with Crippen LogP contribution in [0.5, 0.6) is 0 Å². The number of nitrogens with one attached hydrogen (secondary N) is 1. The summed E-state index contributed by atoms with van der Waals surface area (Å²) < 4.78 is 0. The van der Waals surface area contributed by atoms with Gasteiger partial charge in [-0.3, -0.25) is 0 Å². The number of rotatable bonds is 0. The predicted molar refractivity (Wildman–Crippen MR) is 36.9 cm³/mol. The molecular formula is C4H7NNaS. The average molecular weight is 124 g/mol. The van der Waals surface area contributed by atoms with E-state index in [-0.39, 0.29) is 43.1 Å². The van der Waals surface area contributed by atoms with Crippen LogP contribution < -0.4 is 0 Å². The van der Waals surface area contributed by atoms with E-state index in [2.05, 4.69) is 4.98 Å². The summed E-state index contributed by atoms with van der Waals surface area (Å²) in [7, 11) is 0. The zero-order valence-electron chi connectivity index (χ0n) is 4.31. The zero-order chi connectivity index (χ0) is 3.54. The van der Waals surface area contributed by atoms with E-state index in [1.165, 1.54) is 0 Å². The van der Waals surface area contributed by atoms with Gasteiger partial charge in [0.2, 0.25) is 0 Å². The van der Waals surface area contributed by atoms with Gasteiger partial charge < -0.3 is 4.98 Å². The van der Waals surface area contributed by atoms with E-state index in [9.17, 15) is 0 Å². The quantitative estimate of drug-likeness (QED) is 0.491. The molecule has 0 fully saturated rings. The van der Waals surface area contributed by atoms with E-state index in [1.54, 1.807) is 0 Å². The summed E-state index contributed by atoms with van der Waals surface area (Å²) >= 11 is 0. The Labute approximate surface area is 72.2 Å². The van der Waals surface area contributed by atoms with Crippen LogP contribution >= 0.6 is 13.5 Å². The molecule has 0 atom stereocenters. The molecule has 1 N–H and O–H groups in total. The molecule has 0 saturated carbocycles. The number of aromatic amines is 1. The van der Waals surface area contributed by atoms with Gasteiger partial charge in [0.15, 0.2) is 0 Å². The van der Waals surface area contributed by atoms with Crippen molar-refractivity contribution in [1.29, 1.82) is 0 Å². The average Bonchev–Trinajstić information content (AvgIpc) is 1.76. The molecule has 0 aliphatic carbocycles. The summed E-state index contributed by atoms with van der Waals surface area (Å²) in [5.41, 5.74) is 0. The van der Waals surface area contributed by atoms with Gasteiger partial charge >= 0.3 is 0 Å². The van der Waals surface area contributed by atoms with Crippen molar-refractivity contribution in [3.05, 3.63) is 24.5 Å². The van der Waals surface area contributed by atoms with Crippen molar-refractivity contribution in [2.24, 2.45) is 0 Å². The molecule has 1 rings (SSSR count). The normalized spacial score (nSPS) is 5.71. The minimum absolute atomic E-state index is 0. The molecule has 0 aliphatic heterocycles. The maximum atomic E-state index is 2.86. The Hall–Kier alpha value is 0.630. The molecule has 1 heterocycles. The third-order valence-electron chi connectivity index (χ3n) is 0.496. The van der Waals surface area contributed by atoms with Crippen LogP contribution in [0, 0.1) is 0 Å². The van der Waals surface area contributed by atoms with E-state index in [4.69, 9.17) is 0 Å². The summed E-state index contributed by atoms with van der Waals surface area (Å²) in [6.45, 7) is 0. The third-order valence-corrected chi connectivity index (χ3v) is 0.496. The fourth-order valence-corrected chi connectivity index (χ4v) is 0.278. The largest absolute Gasteiger partial charge is 0.368 e. The Morgan fingerprint density at radius 2 is 1.43 bits per heavy atom. The van der Waals surface area contributed by atoms with Crippen molar-refractivity contribution in [2.45, 2.75) is 0 Å². The van der Waals surface area contributed by atoms with Crippen molar-refractivity contribution in [1.82, 2.24) is 4.98 Å². The van der Waals surface area contributed by atoms with Crippen LogP contribution in [-0.4, -0.2) is 34.5 Å². The van der Waals surface area contributed by atoms with Gasteiger partial charge in [-0.25, -0.2) is 0 Å². The van der Waals surface area contributed by atoms with E-state index < -0.39 is 0 Å². The van der Waals surface area contributed by atoms with Gasteiger partial charge in [0, 0.05) is 42.0 Å². The molecule has 1 aromatic rings. The standard InChI is InChI=1S/C4H5N.Na.H2S/c1-2-4-5-3-1;;/h1-5H;;1H2. The SMILES string of the molecule is S.[Na].c1cc[nH]c1. The van der Waals surface area contributed by atoms with Gasteiger partial charge in [-0.2, -0.15) is 13.5 Å². The van der Waals surface area contributed by atoms with Crippen LogP contribution in [0.4, 0.5) is 0 Å². The first-order valence-corrected chi connectivity index (χ1v) is 1.58. The van der Waals surface area contributed by atoms with Gasteiger partial charge in [-0.15, -0.1) is 0 Å². The van der Waals surface area contributed by atoms with Crippen LogP contribution in [0.3, 0.4) is 0 Å². The minimum atomic E-state index is 0. The van der Waals surface area contributed by atoms with Crippen molar-refractivity contribution in [3.8, 4) is 0 Å². The molecule has 35 valence electrons. The molecule has 0 bridgehead atoms. The molecule has 1 radical (unpaired) electrons. The Morgan fingerprint density at radius 1 is 1.00 bits per heavy atom. The van der Waals surface area contributed by atoms with E-state index in [0.29, 0.717) is 0 Å². The smallest absolute Gasteiger partial charge is 0.000496 e. The Morgan fingerprint density at radius 3 is 1.57 bits per heavy atom. The summed E-state index contributed by atoms with van der Waals surface area (Å²) in [5.74, 6) is 0. The summed E-state index contributed by atoms with van der Waals surface area (Å²) in [6, 6.07) is 3.89. The molecule has 0 amide bonds. The monoisotopic (exact) mass is 124 g/mol. The van der Waals surface area contributed by atoms with E-state index >= 15 is 0 Å². The molecule has 3 heteroatoms. The van der Waals surface area contributed by atoms with E-state index in [0.717, 1.165) is 0 Å². The second-order valence-electron chi connectivity index (χ2n) is 0.885. The summed E-state index contributed by atoms with van der Waals surface area (Å²) in [4.78, 5) is 2.86. The maximum absolute atomic E-state index is 2.86. The first kappa shape index (κ1) is 10.6. The first-order chi connectivity index (χ1) is 2.50. The van der Waals surface area contributed by atoms with Gasteiger partial charge in [-0.05, 0) is 12.1 Å². The van der Waals surface area contributed by atoms with Gasteiger partial charge in [-0.1, -0.05) is 0 Å². The van der Waals surface area contributed by atoms with Gasteiger partial charge in [0.05, 0.1) is 0 Å². The van der Waals surface area contributed by atoms with Crippen molar-refractivity contribution >= 4 is 43.1 Å². The molecule has 7 heavy (non-hydrogen) atoms. The van der Waals surface area contributed by atoms with Gasteiger partial charge in [0.25, 0.3) is 0 Å². The molecule has 0 aromatic carbocycles. The molecule has 0 spiro atoms. The van der Waals surface area contributed by atoms with Crippen molar-refractivity contribution < 1.29 is 0 Å². The topological polar surface area (TPSA) is 15.8 Å². The van der Waals surface area contributed by atoms with Crippen molar-refractivity contribution in [3.63, 3.8) is 0 Å². The van der Waals surface area contributed by atoms with E-state index in [1.807, 2.05) is 24.5 Å². The number of hydrogen-bond acceptors (Lipinski definition) is 0. The Balaban J connectivity index is 0. The summed E-state index contributed by atoms with van der Waals surface area (Å²) in [6.07, 6.45) is 3.75. The Kier molecular flexibility index (Phi) is 10.0. The van der Waals surface area contributed by atoms with Crippen LogP contribution in [0.2, 0.25) is 0 Å². The van der Waals surface area contributed by atoms with Crippen LogP contribution in [0.15, 0.2) is 24.5 Å². The van der Waals surface area contributed by atoms with Crippen LogP contribution in [0.25, 0.3) is 0 Å². The molecule has 1 aromatic heterocycles. The fourth-order valence-electron chi connectivity index (χ4n) is 0.278.